The van der Waals surface area contributed by atoms with Crippen LogP contribution in [0.25, 0.3) is 10.9 Å². The lowest BCUT2D eigenvalue weighted by Crippen LogP contribution is -2.39. The van der Waals surface area contributed by atoms with E-state index < -0.39 is 28.5 Å². The van der Waals surface area contributed by atoms with E-state index in [-0.39, 0.29) is 10.1 Å². The summed E-state index contributed by atoms with van der Waals surface area (Å²) in [6.45, 7) is 0. The molecule has 1 aromatic heterocycles. The summed E-state index contributed by atoms with van der Waals surface area (Å²) in [7, 11) is 0. The SMILES string of the molecule is O=C(O)n1c(=O)[nH]c2cccc(F)c2c1=O. The van der Waals surface area contributed by atoms with Gasteiger partial charge in [-0.3, -0.25) is 4.79 Å². The van der Waals surface area contributed by atoms with Crippen molar-refractivity contribution in [3.05, 3.63) is 44.9 Å². The van der Waals surface area contributed by atoms with E-state index in [0.717, 1.165) is 6.07 Å². The third kappa shape index (κ3) is 1.29. The fourth-order valence-corrected chi connectivity index (χ4v) is 1.39. The Balaban J connectivity index is 3.10. The number of nitrogens with one attached hydrogen (secondary N) is 1. The normalized spacial score (nSPS) is 10.6. The number of rotatable bonds is 0. The predicted molar refractivity (Wildman–Crippen MR) is 52.2 cm³/mol. The van der Waals surface area contributed by atoms with Crippen molar-refractivity contribution in [2.45, 2.75) is 0 Å². The molecule has 0 fully saturated rings. The summed E-state index contributed by atoms with van der Waals surface area (Å²) in [4.78, 5) is 35.5. The number of hydrogen-bond donors (Lipinski definition) is 2. The van der Waals surface area contributed by atoms with Gasteiger partial charge in [0.15, 0.2) is 0 Å². The predicted octanol–water partition coefficient (Wildman–Crippen LogP) is 0.355. The van der Waals surface area contributed by atoms with Gasteiger partial charge in [0.05, 0.1) is 10.9 Å². The monoisotopic (exact) mass is 224 g/mol. The molecule has 0 aliphatic heterocycles. The smallest absolute Gasteiger partial charge is 0.422 e. The molecule has 2 rings (SSSR count). The summed E-state index contributed by atoms with van der Waals surface area (Å²) in [6, 6.07) is 3.62. The molecule has 16 heavy (non-hydrogen) atoms. The average molecular weight is 224 g/mol. The Hall–Kier alpha value is -2.44. The maximum Gasteiger partial charge on any atom is 0.422 e. The largest absolute Gasteiger partial charge is 0.464 e. The molecule has 0 aliphatic rings. The van der Waals surface area contributed by atoms with E-state index in [4.69, 9.17) is 5.11 Å². The number of aromatic amines is 1. The highest BCUT2D eigenvalue weighted by molar-refractivity contribution is 5.80. The number of hydrogen-bond acceptors (Lipinski definition) is 3. The molecular formula is C9H5FN2O4. The Labute approximate surface area is 86.6 Å². The molecule has 7 heteroatoms. The molecule has 0 bridgehead atoms. The Morgan fingerprint density at radius 1 is 1.38 bits per heavy atom. The fourth-order valence-electron chi connectivity index (χ4n) is 1.39. The summed E-state index contributed by atoms with van der Waals surface area (Å²) in [5.74, 6) is -0.881. The lowest BCUT2D eigenvalue weighted by molar-refractivity contribution is 0.194. The van der Waals surface area contributed by atoms with Crippen LogP contribution in [0, 0.1) is 5.82 Å². The molecule has 0 aliphatic carbocycles. The van der Waals surface area contributed by atoms with E-state index >= 15 is 0 Å². The van der Waals surface area contributed by atoms with Crippen molar-refractivity contribution in [2.75, 3.05) is 0 Å². The highest BCUT2D eigenvalue weighted by Crippen LogP contribution is 2.08. The van der Waals surface area contributed by atoms with Crippen molar-refractivity contribution in [1.29, 1.82) is 0 Å². The third-order valence-corrected chi connectivity index (χ3v) is 2.07. The van der Waals surface area contributed by atoms with E-state index in [1.807, 2.05) is 0 Å². The van der Waals surface area contributed by atoms with Crippen molar-refractivity contribution in [3.8, 4) is 0 Å². The summed E-state index contributed by atoms with van der Waals surface area (Å²) < 4.78 is 13.2. The van der Waals surface area contributed by atoms with Crippen LogP contribution in [0.5, 0.6) is 0 Å². The van der Waals surface area contributed by atoms with Crippen LogP contribution in [0.15, 0.2) is 27.8 Å². The van der Waals surface area contributed by atoms with Gasteiger partial charge in [-0.25, -0.2) is 14.0 Å². The number of carbonyl (C=O) groups is 1. The van der Waals surface area contributed by atoms with Gasteiger partial charge < -0.3 is 10.1 Å². The Kier molecular flexibility index (Phi) is 2.08. The molecule has 0 atom stereocenters. The molecule has 0 spiro atoms. The van der Waals surface area contributed by atoms with E-state index in [1.54, 1.807) is 0 Å². The number of nitrogens with zero attached hydrogens (tertiary/aromatic N) is 1. The minimum Gasteiger partial charge on any atom is -0.464 e. The van der Waals surface area contributed by atoms with Crippen molar-refractivity contribution < 1.29 is 14.3 Å². The fraction of sp³-hybridized carbons (Fsp3) is 0. The number of halogens is 1. The highest BCUT2D eigenvalue weighted by Gasteiger charge is 2.15. The summed E-state index contributed by atoms with van der Waals surface area (Å²) in [6.07, 6.45) is -1.75. The number of aromatic nitrogens is 2. The number of fused-ring (bicyclic) bond motifs is 1. The Morgan fingerprint density at radius 2 is 2.06 bits per heavy atom. The quantitative estimate of drug-likeness (QED) is 0.675. The number of carboxylic acid groups (broad SMARTS) is 1. The lowest BCUT2D eigenvalue weighted by Gasteiger charge is -2.01. The first-order valence-corrected chi connectivity index (χ1v) is 4.19. The standard InChI is InChI=1S/C9H5FN2O4/c10-4-2-1-3-5-6(4)7(13)12(9(15)16)8(14)11-5/h1-3H,(H,11,14)(H,15,16). The minimum absolute atomic E-state index is 0.0347. The molecule has 0 saturated carbocycles. The van der Waals surface area contributed by atoms with Crippen LogP contribution in [0.1, 0.15) is 0 Å². The second-order valence-corrected chi connectivity index (χ2v) is 3.02. The average Bonchev–Trinajstić information content (AvgIpc) is 2.15. The summed E-state index contributed by atoms with van der Waals surface area (Å²) in [5.41, 5.74) is -2.34. The zero-order valence-corrected chi connectivity index (χ0v) is 7.73. The van der Waals surface area contributed by atoms with Gasteiger partial charge in [0.1, 0.15) is 5.82 Å². The van der Waals surface area contributed by atoms with Gasteiger partial charge in [-0.2, -0.15) is 4.57 Å². The molecule has 1 aromatic carbocycles. The van der Waals surface area contributed by atoms with Crippen LogP contribution in [-0.4, -0.2) is 20.8 Å². The van der Waals surface area contributed by atoms with Crippen LogP contribution in [0.4, 0.5) is 9.18 Å². The third-order valence-electron chi connectivity index (χ3n) is 2.07. The number of benzene rings is 1. The van der Waals surface area contributed by atoms with Gasteiger partial charge in [-0.1, -0.05) is 6.07 Å². The molecule has 2 N–H and O–H groups in total. The molecular weight excluding hydrogens is 219 g/mol. The number of H-pyrrole nitrogens is 1. The van der Waals surface area contributed by atoms with Gasteiger partial charge in [0.2, 0.25) is 0 Å². The molecule has 0 amide bonds. The van der Waals surface area contributed by atoms with E-state index in [0.29, 0.717) is 0 Å². The maximum absolute atomic E-state index is 13.3. The Morgan fingerprint density at radius 3 is 2.69 bits per heavy atom. The zero-order chi connectivity index (χ0) is 11.9. The van der Waals surface area contributed by atoms with Crippen molar-refractivity contribution in [2.24, 2.45) is 0 Å². The second-order valence-electron chi connectivity index (χ2n) is 3.02. The lowest BCUT2D eigenvalue weighted by atomic mass is 10.2. The molecule has 2 aromatic rings. The summed E-state index contributed by atoms with van der Waals surface area (Å²) in [5, 5.41) is 8.16. The highest BCUT2D eigenvalue weighted by atomic mass is 19.1. The maximum atomic E-state index is 13.3. The molecule has 0 unspecified atom stereocenters. The van der Waals surface area contributed by atoms with Crippen molar-refractivity contribution in [1.82, 2.24) is 9.55 Å². The van der Waals surface area contributed by atoms with Crippen LogP contribution >= 0.6 is 0 Å². The van der Waals surface area contributed by atoms with Crippen molar-refractivity contribution in [3.63, 3.8) is 0 Å². The summed E-state index contributed by atoms with van der Waals surface area (Å²) >= 11 is 0. The van der Waals surface area contributed by atoms with Crippen LogP contribution in [0.3, 0.4) is 0 Å². The second kappa shape index (κ2) is 3.30. The van der Waals surface area contributed by atoms with Gasteiger partial charge in [0.25, 0.3) is 5.56 Å². The first kappa shape index (κ1) is 10.1. The van der Waals surface area contributed by atoms with E-state index in [2.05, 4.69) is 4.98 Å². The van der Waals surface area contributed by atoms with Crippen LogP contribution < -0.4 is 11.2 Å². The molecule has 0 saturated heterocycles. The first-order valence-electron chi connectivity index (χ1n) is 4.19. The van der Waals surface area contributed by atoms with E-state index in [9.17, 15) is 18.8 Å². The zero-order valence-electron chi connectivity index (χ0n) is 7.73. The molecule has 82 valence electrons. The topological polar surface area (TPSA) is 92.2 Å². The molecule has 6 nitrogen and oxygen atoms in total. The van der Waals surface area contributed by atoms with Gasteiger partial charge in [-0.05, 0) is 12.1 Å². The minimum atomic E-state index is -1.75. The van der Waals surface area contributed by atoms with Crippen LogP contribution in [-0.2, 0) is 0 Å². The first-order chi connectivity index (χ1) is 7.52. The van der Waals surface area contributed by atoms with Crippen molar-refractivity contribution >= 4 is 17.0 Å². The van der Waals surface area contributed by atoms with Gasteiger partial charge in [-0.15, -0.1) is 0 Å². The van der Waals surface area contributed by atoms with Crippen LogP contribution in [0.2, 0.25) is 0 Å². The van der Waals surface area contributed by atoms with Gasteiger partial charge >= 0.3 is 11.8 Å². The molecule has 0 radical (unpaired) electrons. The molecule has 1 heterocycles. The Bertz CT molecular complexity index is 701. The van der Waals surface area contributed by atoms with E-state index in [1.165, 1.54) is 12.1 Å². The van der Waals surface area contributed by atoms with Gasteiger partial charge in [0, 0.05) is 0 Å².